The van der Waals surface area contributed by atoms with Gasteiger partial charge in [-0.3, -0.25) is 14.6 Å². The molecule has 1 aromatic carbocycles. The molecule has 2 amide bonds. The van der Waals surface area contributed by atoms with Gasteiger partial charge < -0.3 is 21.5 Å². The summed E-state index contributed by atoms with van der Waals surface area (Å²) in [4.78, 5) is 27.4. The molecule has 180 valence electrons. The van der Waals surface area contributed by atoms with Gasteiger partial charge in [0.2, 0.25) is 12.3 Å². The number of hydrogen-bond donors (Lipinski definition) is 3. The average molecular weight is 465 g/mol. The first-order valence-corrected chi connectivity index (χ1v) is 12.0. The number of rotatable bonds is 7. The first kappa shape index (κ1) is 29.8. The number of aliphatic hydroxyl groups excluding tert-OH is 1. The molecule has 2 atom stereocenters. The van der Waals surface area contributed by atoms with E-state index in [0.29, 0.717) is 12.5 Å². The zero-order valence-electron chi connectivity index (χ0n) is 20.1. The molecule has 0 saturated carbocycles. The van der Waals surface area contributed by atoms with Crippen molar-refractivity contribution in [2.24, 2.45) is 22.4 Å². The molecule has 0 aliphatic carbocycles. The lowest BCUT2D eigenvalue weighted by molar-refractivity contribution is -0.134. The molecule has 1 saturated heterocycles. The van der Waals surface area contributed by atoms with Gasteiger partial charge in [0.05, 0.1) is 11.7 Å². The number of benzene rings is 1. The molecule has 7 nitrogen and oxygen atoms in total. The van der Waals surface area contributed by atoms with Crippen LogP contribution in [-0.4, -0.2) is 60.5 Å². The number of amides is 2. The Morgan fingerprint density at radius 2 is 1.94 bits per heavy atom. The molecule has 1 aliphatic rings. The Labute approximate surface area is 197 Å². The maximum Gasteiger partial charge on any atom is 0.239 e. The Hall–Kier alpha value is -2.16. The maximum atomic E-state index is 11.8. The number of aliphatic hydroxyl groups is 1. The number of aliphatic imine (C=N–C) groups is 1. The smallest absolute Gasteiger partial charge is 0.239 e. The van der Waals surface area contributed by atoms with Crippen molar-refractivity contribution in [3.05, 3.63) is 41.1 Å². The number of primary amides is 1. The minimum Gasteiger partial charge on any atom is -0.396 e. The third-order valence-corrected chi connectivity index (χ3v) is 6.17. The Morgan fingerprint density at radius 3 is 2.31 bits per heavy atom. The van der Waals surface area contributed by atoms with Crippen LogP contribution in [0.4, 0.5) is 0 Å². The van der Waals surface area contributed by atoms with E-state index >= 15 is 0 Å². The first-order chi connectivity index (χ1) is 15.2. The summed E-state index contributed by atoms with van der Waals surface area (Å²) in [7, 11) is 0. The molecule has 1 unspecified atom stereocenters. The SMILES string of the molecule is C=N/C(C)=C(\SC)c1ccc(CCO)cc1.CC(C)C(N)C(=O)N1CCC[C@H]1C.NC=O. The number of carbonyl (C=O) groups excluding carboxylic acids is 2. The summed E-state index contributed by atoms with van der Waals surface area (Å²) in [6.45, 7) is 12.7. The van der Waals surface area contributed by atoms with Gasteiger partial charge >= 0.3 is 0 Å². The van der Waals surface area contributed by atoms with E-state index in [1.54, 1.807) is 11.8 Å². The monoisotopic (exact) mass is 464 g/mol. The lowest BCUT2D eigenvalue weighted by atomic mass is 10.0. The Kier molecular flexibility index (Phi) is 15.4. The van der Waals surface area contributed by atoms with Crippen LogP contribution in [-0.2, 0) is 16.0 Å². The molecule has 5 N–H and O–H groups in total. The molecule has 8 heteroatoms. The average Bonchev–Trinajstić information content (AvgIpc) is 3.21. The van der Waals surface area contributed by atoms with Crippen molar-refractivity contribution < 1.29 is 14.7 Å². The quantitative estimate of drug-likeness (QED) is 0.423. The second-order valence-electron chi connectivity index (χ2n) is 7.88. The molecular formula is C24H40N4O3S. The zero-order valence-corrected chi connectivity index (χ0v) is 20.9. The minimum atomic E-state index is -0.319. The normalized spacial score (nSPS) is 16.8. The fraction of sp³-hybridized carbons (Fsp3) is 0.542. The Bertz CT molecular complexity index is 735. The van der Waals surface area contributed by atoms with Gasteiger partial charge in [0.1, 0.15) is 0 Å². The summed E-state index contributed by atoms with van der Waals surface area (Å²) in [6.07, 6.45) is 5.23. The van der Waals surface area contributed by atoms with Crippen LogP contribution in [0, 0.1) is 5.92 Å². The van der Waals surface area contributed by atoms with E-state index < -0.39 is 0 Å². The number of nitrogens with zero attached hydrogens (tertiary/aromatic N) is 2. The van der Waals surface area contributed by atoms with E-state index in [9.17, 15) is 4.79 Å². The highest BCUT2D eigenvalue weighted by atomic mass is 32.2. The van der Waals surface area contributed by atoms with Crippen LogP contribution < -0.4 is 11.5 Å². The summed E-state index contributed by atoms with van der Waals surface area (Å²) in [5, 5.41) is 8.83. The Morgan fingerprint density at radius 1 is 1.38 bits per heavy atom. The molecule has 0 aromatic heterocycles. The van der Waals surface area contributed by atoms with E-state index in [1.165, 1.54) is 0 Å². The highest BCUT2D eigenvalue weighted by Crippen LogP contribution is 2.29. The van der Waals surface area contributed by atoms with Crippen LogP contribution in [0.25, 0.3) is 4.91 Å². The first-order valence-electron chi connectivity index (χ1n) is 10.8. The van der Waals surface area contributed by atoms with E-state index in [0.717, 1.165) is 41.1 Å². The van der Waals surface area contributed by atoms with Gasteiger partial charge in [0.25, 0.3) is 0 Å². The van der Waals surface area contributed by atoms with Crippen LogP contribution in [0.5, 0.6) is 0 Å². The topological polar surface area (TPSA) is 122 Å². The van der Waals surface area contributed by atoms with E-state index in [4.69, 9.17) is 15.6 Å². The van der Waals surface area contributed by atoms with Gasteiger partial charge in [0.15, 0.2) is 0 Å². The third kappa shape index (κ3) is 9.97. The predicted molar refractivity (Wildman–Crippen MR) is 136 cm³/mol. The van der Waals surface area contributed by atoms with Gasteiger partial charge in [0, 0.05) is 24.1 Å². The number of hydrogen-bond acceptors (Lipinski definition) is 6. The molecule has 1 heterocycles. The number of likely N-dealkylation sites (tertiary alicyclic amines) is 1. The van der Waals surface area contributed by atoms with Crippen LogP contribution in [0.2, 0.25) is 0 Å². The zero-order chi connectivity index (χ0) is 24.7. The van der Waals surface area contributed by atoms with Gasteiger partial charge in [-0.25, -0.2) is 0 Å². The molecule has 32 heavy (non-hydrogen) atoms. The largest absolute Gasteiger partial charge is 0.396 e. The lowest BCUT2D eigenvalue weighted by Gasteiger charge is -2.26. The highest BCUT2D eigenvalue weighted by Gasteiger charge is 2.29. The third-order valence-electron chi connectivity index (χ3n) is 5.23. The number of nitrogens with two attached hydrogens (primary N) is 2. The standard InChI is InChI=1S/C13H17NOS.C10H20N2O.CH3NO/c1-10(14-2)13(16-3)12-6-4-11(5-7-12)8-9-15;1-7(2)9(11)10(13)12-6-4-5-8(12)3;2-1-3/h4-7,15H,2,8-9H2,1,3H3;7-9H,4-6,11H2,1-3H3;1H,(H2,2,3)/b13-10-;;/t;8-,9?;/m.1./s1. The second kappa shape index (κ2) is 16.5. The van der Waals surface area contributed by atoms with Crippen LogP contribution >= 0.6 is 11.8 Å². The molecule has 0 spiro atoms. The minimum absolute atomic E-state index is 0.125. The van der Waals surface area contributed by atoms with Crippen molar-refractivity contribution in [3.63, 3.8) is 0 Å². The number of thioether (sulfide) groups is 1. The van der Waals surface area contributed by atoms with Crippen molar-refractivity contribution in [1.82, 2.24) is 4.90 Å². The predicted octanol–water partition coefficient (Wildman–Crippen LogP) is 3.06. The highest BCUT2D eigenvalue weighted by molar-refractivity contribution is 8.07. The maximum absolute atomic E-state index is 11.8. The van der Waals surface area contributed by atoms with Crippen molar-refractivity contribution in [3.8, 4) is 0 Å². The van der Waals surface area contributed by atoms with E-state index in [2.05, 4.69) is 36.5 Å². The van der Waals surface area contributed by atoms with Crippen LogP contribution in [0.3, 0.4) is 0 Å². The summed E-state index contributed by atoms with van der Waals surface area (Å²) in [5.41, 5.74) is 13.2. The molecule has 2 rings (SSSR count). The van der Waals surface area contributed by atoms with Crippen molar-refractivity contribution in [1.29, 1.82) is 0 Å². The lowest BCUT2D eigenvalue weighted by Crippen LogP contribution is -2.47. The van der Waals surface area contributed by atoms with Crippen LogP contribution in [0.1, 0.15) is 51.7 Å². The molecule has 1 fully saturated rings. The summed E-state index contributed by atoms with van der Waals surface area (Å²) < 4.78 is 0. The molecular weight excluding hydrogens is 424 g/mol. The van der Waals surface area contributed by atoms with Crippen molar-refractivity contribution in [2.45, 2.75) is 59.0 Å². The number of allylic oxidation sites excluding steroid dienone is 1. The summed E-state index contributed by atoms with van der Waals surface area (Å²) in [6, 6.07) is 8.27. The summed E-state index contributed by atoms with van der Waals surface area (Å²) >= 11 is 1.67. The van der Waals surface area contributed by atoms with Crippen molar-refractivity contribution in [2.75, 3.05) is 19.4 Å². The number of carbonyl (C=O) groups is 2. The van der Waals surface area contributed by atoms with E-state index in [-0.39, 0.29) is 30.9 Å². The van der Waals surface area contributed by atoms with Crippen LogP contribution in [0.15, 0.2) is 35.0 Å². The summed E-state index contributed by atoms with van der Waals surface area (Å²) in [5.74, 6) is 0.361. The van der Waals surface area contributed by atoms with Crippen molar-refractivity contribution >= 4 is 35.7 Å². The molecule has 0 radical (unpaired) electrons. The van der Waals surface area contributed by atoms with E-state index in [1.807, 2.05) is 44.1 Å². The molecule has 1 aliphatic heterocycles. The van der Waals surface area contributed by atoms with Gasteiger partial charge in [-0.2, -0.15) is 0 Å². The fourth-order valence-electron chi connectivity index (χ4n) is 3.24. The van der Waals surface area contributed by atoms with Gasteiger partial charge in [-0.15, -0.1) is 11.8 Å². The fourth-order valence-corrected chi connectivity index (χ4v) is 3.97. The Balaban J connectivity index is 0.000000543. The molecule has 1 aromatic rings. The molecule has 0 bridgehead atoms. The second-order valence-corrected chi connectivity index (χ2v) is 8.69. The van der Waals surface area contributed by atoms with Gasteiger partial charge in [-0.1, -0.05) is 38.1 Å². The van der Waals surface area contributed by atoms with Gasteiger partial charge in [-0.05, 0) is 63.1 Å².